The molecule has 5 heteroatoms. The third-order valence-electron chi connectivity index (χ3n) is 5.78. The first kappa shape index (κ1) is 16.5. The topological polar surface area (TPSA) is 55.8 Å². The summed E-state index contributed by atoms with van der Waals surface area (Å²) in [4.78, 5) is 27.9. The zero-order valence-electron chi connectivity index (χ0n) is 15.3. The van der Waals surface area contributed by atoms with Gasteiger partial charge in [-0.2, -0.15) is 0 Å². The fourth-order valence-electron chi connectivity index (χ4n) is 4.73. The number of carbonyl (C=O) groups is 2. The van der Waals surface area contributed by atoms with Gasteiger partial charge < -0.3 is 14.4 Å². The van der Waals surface area contributed by atoms with E-state index in [0.29, 0.717) is 6.54 Å². The second-order valence-electron chi connectivity index (χ2n) is 7.81. The zero-order chi connectivity index (χ0) is 18.8. The lowest BCUT2D eigenvalue weighted by atomic mass is 9.77. The number of ether oxygens (including phenoxy) is 2. The van der Waals surface area contributed by atoms with Gasteiger partial charge in [0.1, 0.15) is 11.5 Å². The summed E-state index contributed by atoms with van der Waals surface area (Å²) >= 11 is 0. The van der Waals surface area contributed by atoms with Crippen molar-refractivity contribution in [1.82, 2.24) is 0 Å². The van der Waals surface area contributed by atoms with E-state index in [9.17, 15) is 9.59 Å². The van der Waals surface area contributed by atoms with Crippen molar-refractivity contribution < 1.29 is 19.1 Å². The molecule has 0 saturated carbocycles. The van der Waals surface area contributed by atoms with Crippen LogP contribution < -0.4 is 4.90 Å². The summed E-state index contributed by atoms with van der Waals surface area (Å²) < 4.78 is 11.6. The molecule has 5 rings (SSSR count). The Balaban J connectivity index is 1.55. The molecule has 1 spiro atoms. The average Bonchev–Trinajstić information content (AvgIpc) is 3.29. The number of anilines is 1. The number of esters is 1. The Hall–Kier alpha value is -2.66. The summed E-state index contributed by atoms with van der Waals surface area (Å²) in [6.07, 6.45) is 3.27. The molecule has 0 radical (unpaired) electrons. The quantitative estimate of drug-likeness (QED) is 0.621. The van der Waals surface area contributed by atoms with Crippen molar-refractivity contribution >= 4 is 28.3 Å². The molecule has 5 nitrogen and oxygen atoms in total. The van der Waals surface area contributed by atoms with Gasteiger partial charge in [0.15, 0.2) is 0 Å². The number of rotatable bonds is 3. The van der Waals surface area contributed by atoms with Crippen LogP contribution in [0, 0.1) is 11.8 Å². The smallest absolute Gasteiger partial charge is 0.313 e. The molecule has 2 bridgehead atoms. The maximum absolute atomic E-state index is 13.4. The van der Waals surface area contributed by atoms with Crippen LogP contribution in [0.2, 0.25) is 0 Å². The predicted molar refractivity (Wildman–Crippen MR) is 101 cm³/mol. The normalized spacial score (nSPS) is 31.1. The third-order valence-corrected chi connectivity index (χ3v) is 5.78. The molecule has 1 unspecified atom stereocenters. The Morgan fingerprint density at radius 3 is 2.81 bits per heavy atom. The number of hydrogen-bond donors (Lipinski definition) is 0. The molecular weight excluding hydrogens is 342 g/mol. The summed E-state index contributed by atoms with van der Waals surface area (Å²) in [5, 5.41) is 2.10. The maximum Gasteiger partial charge on any atom is 0.313 e. The van der Waals surface area contributed by atoms with Crippen molar-refractivity contribution in [2.24, 2.45) is 11.8 Å². The molecule has 3 heterocycles. The van der Waals surface area contributed by atoms with Gasteiger partial charge in [-0.15, -0.1) is 0 Å². The molecule has 2 fully saturated rings. The second-order valence-corrected chi connectivity index (χ2v) is 7.81. The lowest BCUT2D eigenvalue weighted by Gasteiger charge is -2.23. The molecule has 27 heavy (non-hydrogen) atoms. The summed E-state index contributed by atoms with van der Waals surface area (Å²) in [6, 6.07) is 13.9. The van der Waals surface area contributed by atoms with E-state index in [-0.39, 0.29) is 24.1 Å². The molecule has 4 atom stereocenters. The van der Waals surface area contributed by atoms with Crippen molar-refractivity contribution in [2.75, 3.05) is 11.4 Å². The lowest BCUT2D eigenvalue weighted by molar-refractivity contribution is -0.156. The van der Waals surface area contributed by atoms with Gasteiger partial charge in [-0.1, -0.05) is 48.6 Å². The minimum absolute atomic E-state index is 0.0658. The molecule has 138 valence electrons. The largest absolute Gasteiger partial charge is 0.463 e. The van der Waals surface area contributed by atoms with Crippen LogP contribution in [0.5, 0.6) is 0 Å². The van der Waals surface area contributed by atoms with E-state index < -0.39 is 17.4 Å². The first-order valence-corrected chi connectivity index (χ1v) is 9.37. The fraction of sp³-hybridized carbons (Fsp3) is 0.364. The van der Waals surface area contributed by atoms with Gasteiger partial charge in [-0.05, 0) is 25.3 Å². The monoisotopic (exact) mass is 363 g/mol. The molecule has 0 N–H and O–H groups in total. The first-order chi connectivity index (χ1) is 13.0. The minimum atomic E-state index is -0.737. The van der Waals surface area contributed by atoms with Gasteiger partial charge in [0.2, 0.25) is 5.91 Å². The lowest BCUT2D eigenvalue weighted by Crippen LogP contribution is -2.40. The van der Waals surface area contributed by atoms with Crippen LogP contribution in [-0.2, 0) is 19.1 Å². The van der Waals surface area contributed by atoms with Gasteiger partial charge >= 0.3 is 5.97 Å². The third kappa shape index (κ3) is 2.28. The predicted octanol–water partition coefficient (Wildman–Crippen LogP) is 3.08. The van der Waals surface area contributed by atoms with Gasteiger partial charge in [0.25, 0.3) is 0 Å². The maximum atomic E-state index is 13.4. The molecule has 0 aliphatic carbocycles. The Bertz CT molecular complexity index is 976. The second kappa shape index (κ2) is 5.67. The molecule has 3 aliphatic heterocycles. The number of nitrogens with zero attached hydrogens (tertiary/aromatic N) is 1. The molecule has 2 aromatic carbocycles. The molecular formula is C22H21NO4. The first-order valence-electron chi connectivity index (χ1n) is 9.37. The van der Waals surface area contributed by atoms with Gasteiger partial charge in [0, 0.05) is 5.39 Å². The highest BCUT2D eigenvalue weighted by Crippen LogP contribution is 2.53. The molecule has 3 aliphatic rings. The van der Waals surface area contributed by atoms with Gasteiger partial charge in [0.05, 0.1) is 30.4 Å². The summed E-state index contributed by atoms with van der Waals surface area (Å²) in [5.41, 5.74) is 0.123. The number of hydrogen-bond acceptors (Lipinski definition) is 4. The Kier molecular flexibility index (Phi) is 3.46. The van der Waals surface area contributed by atoms with E-state index in [1.165, 1.54) is 0 Å². The van der Waals surface area contributed by atoms with Crippen molar-refractivity contribution in [1.29, 1.82) is 0 Å². The van der Waals surface area contributed by atoms with Crippen LogP contribution in [0.25, 0.3) is 10.8 Å². The highest BCUT2D eigenvalue weighted by Gasteiger charge is 2.67. The number of fused-ring (bicyclic) bond motifs is 2. The fourth-order valence-corrected chi connectivity index (χ4v) is 4.73. The van der Waals surface area contributed by atoms with Crippen molar-refractivity contribution in [3.63, 3.8) is 0 Å². The van der Waals surface area contributed by atoms with Crippen LogP contribution in [0.3, 0.4) is 0 Å². The molecule has 2 aromatic rings. The summed E-state index contributed by atoms with van der Waals surface area (Å²) in [6.45, 7) is 4.05. The van der Waals surface area contributed by atoms with E-state index in [1.54, 1.807) is 4.90 Å². The minimum Gasteiger partial charge on any atom is -0.463 e. The average molecular weight is 363 g/mol. The van der Waals surface area contributed by atoms with Crippen LogP contribution in [0.15, 0.2) is 54.6 Å². The number of amides is 1. The van der Waals surface area contributed by atoms with Crippen LogP contribution >= 0.6 is 0 Å². The van der Waals surface area contributed by atoms with Gasteiger partial charge in [-0.25, -0.2) is 0 Å². The van der Waals surface area contributed by atoms with Crippen molar-refractivity contribution in [3.8, 4) is 0 Å². The molecule has 0 aromatic heterocycles. The highest BCUT2D eigenvalue weighted by molar-refractivity contribution is 6.08. The van der Waals surface area contributed by atoms with Crippen molar-refractivity contribution in [2.45, 2.75) is 31.7 Å². The standard InChI is InChI=1S/C22H21NO4/c1-13(2)26-21(25)18-17-10-11-22(27-17)12-23(20(24)19(18)22)16-9-5-7-14-6-3-4-8-15(14)16/h3-11,13,17-19H,12H2,1-2H3/t17-,18?,19-,22+/m0/s1. The van der Waals surface area contributed by atoms with Crippen LogP contribution in [0.1, 0.15) is 13.8 Å². The van der Waals surface area contributed by atoms with E-state index in [4.69, 9.17) is 9.47 Å². The molecule has 2 saturated heterocycles. The SMILES string of the molecule is CC(C)OC(=O)C1[C@@H]2C=C[C@]3(CN(c4cccc5ccccc45)C(=O)[C@H]13)O2. The summed E-state index contributed by atoms with van der Waals surface area (Å²) in [7, 11) is 0. The van der Waals surface area contributed by atoms with Gasteiger partial charge in [-0.3, -0.25) is 9.59 Å². The zero-order valence-corrected chi connectivity index (χ0v) is 15.3. The van der Waals surface area contributed by atoms with E-state index in [2.05, 4.69) is 0 Å². The Labute approximate surface area is 157 Å². The van der Waals surface area contributed by atoms with E-state index in [0.717, 1.165) is 16.5 Å². The summed E-state index contributed by atoms with van der Waals surface area (Å²) in [5.74, 6) is -1.52. The highest BCUT2D eigenvalue weighted by atomic mass is 16.6. The van der Waals surface area contributed by atoms with Crippen LogP contribution in [-0.4, -0.2) is 36.2 Å². The van der Waals surface area contributed by atoms with Crippen LogP contribution in [0.4, 0.5) is 5.69 Å². The van der Waals surface area contributed by atoms with E-state index in [1.807, 2.05) is 68.5 Å². The van der Waals surface area contributed by atoms with Crippen molar-refractivity contribution in [3.05, 3.63) is 54.6 Å². The van der Waals surface area contributed by atoms with E-state index >= 15 is 0 Å². The number of carbonyl (C=O) groups excluding carboxylic acids is 2. The Morgan fingerprint density at radius 1 is 1.22 bits per heavy atom. The number of benzene rings is 2. The Morgan fingerprint density at radius 2 is 2.00 bits per heavy atom. The molecule has 1 amide bonds.